The lowest BCUT2D eigenvalue weighted by Crippen LogP contribution is -2.44. The topological polar surface area (TPSA) is 105 Å². The van der Waals surface area contributed by atoms with Crippen LogP contribution < -0.4 is 10.1 Å². The summed E-state index contributed by atoms with van der Waals surface area (Å²) in [6.45, 7) is 3.98. The van der Waals surface area contributed by atoms with Crippen LogP contribution in [0.15, 0.2) is 24.3 Å². The van der Waals surface area contributed by atoms with Gasteiger partial charge in [-0.15, -0.1) is 0 Å². The van der Waals surface area contributed by atoms with Crippen LogP contribution >= 0.6 is 0 Å². The second kappa shape index (κ2) is 9.22. The minimum Gasteiger partial charge on any atom is -0.491 e. The van der Waals surface area contributed by atoms with Gasteiger partial charge in [0.1, 0.15) is 36.8 Å². The zero-order valence-electron chi connectivity index (χ0n) is 14.5. The molecule has 0 heterocycles. The lowest BCUT2D eigenvalue weighted by molar-refractivity contribution is -0.139. The average molecular weight is 357 g/mol. The number of ether oxygens (including phenoxy) is 2. The van der Waals surface area contributed by atoms with Crippen molar-refractivity contribution in [1.82, 2.24) is 5.32 Å². The van der Waals surface area contributed by atoms with Crippen molar-refractivity contribution in [3.63, 3.8) is 0 Å². The lowest BCUT2D eigenvalue weighted by Gasteiger charge is -2.22. The third-order valence-electron chi connectivity index (χ3n) is 2.97. The summed E-state index contributed by atoms with van der Waals surface area (Å²) in [5.74, 6) is -0.763. The highest BCUT2D eigenvalue weighted by atomic mass is 19.1. The van der Waals surface area contributed by atoms with Crippen LogP contribution in [-0.2, 0) is 16.0 Å². The highest BCUT2D eigenvalue weighted by Crippen LogP contribution is 2.14. The Kier molecular flexibility index (Phi) is 7.63. The highest BCUT2D eigenvalue weighted by Gasteiger charge is 2.24. The van der Waals surface area contributed by atoms with Crippen molar-refractivity contribution < 1.29 is 33.7 Å². The van der Waals surface area contributed by atoms with Gasteiger partial charge in [-0.1, -0.05) is 12.1 Å². The Morgan fingerprint density at radius 1 is 1.24 bits per heavy atom. The fourth-order valence-corrected chi connectivity index (χ4v) is 1.84. The monoisotopic (exact) mass is 357 g/mol. The molecule has 0 spiro atoms. The maximum Gasteiger partial charge on any atom is 0.408 e. The second-order valence-corrected chi connectivity index (χ2v) is 6.50. The molecule has 7 nitrogen and oxygen atoms in total. The Morgan fingerprint density at radius 3 is 2.32 bits per heavy atom. The third kappa shape index (κ3) is 8.35. The van der Waals surface area contributed by atoms with Gasteiger partial charge in [0.2, 0.25) is 0 Å². The standard InChI is InChI=1S/C17H24FNO6/c1-17(2,3)25-16(23)19-14(15(21)22)8-11-4-6-13(7-5-11)24-10-12(20)9-18/h4-7,12,14,20H,8-10H2,1-3H3,(H,19,23)(H,21,22)/t12?,14-/m0/s1. The van der Waals surface area contributed by atoms with Crippen LogP contribution in [0.4, 0.5) is 9.18 Å². The first kappa shape index (κ1) is 20.7. The molecule has 1 aromatic rings. The van der Waals surface area contributed by atoms with Crippen LogP contribution in [0.1, 0.15) is 26.3 Å². The van der Waals surface area contributed by atoms with Crippen molar-refractivity contribution in [2.45, 2.75) is 44.9 Å². The van der Waals surface area contributed by atoms with Gasteiger partial charge in [-0.3, -0.25) is 0 Å². The van der Waals surface area contributed by atoms with Gasteiger partial charge >= 0.3 is 12.1 Å². The van der Waals surface area contributed by atoms with E-state index in [1.165, 1.54) is 0 Å². The zero-order valence-corrected chi connectivity index (χ0v) is 14.5. The van der Waals surface area contributed by atoms with E-state index in [9.17, 15) is 19.1 Å². The van der Waals surface area contributed by atoms with Gasteiger partial charge in [0.15, 0.2) is 0 Å². The fourth-order valence-electron chi connectivity index (χ4n) is 1.84. The molecule has 140 valence electrons. The van der Waals surface area contributed by atoms with Crippen LogP contribution in [0.2, 0.25) is 0 Å². The molecule has 1 unspecified atom stereocenters. The molecule has 1 amide bonds. The molecule has 0 saturated heterocycles. The van der Waals surface area contributed by atoms with Crippen molar-refractivity contribution >= 4 is 12.1 Å². The van der Waals surface area contributed by atoms with Gasteiger partial charge in [0.05, 0.1) is 0 Å². The predicted octanol–water partition coefficient (Wildman–Crippen LogP) is 1.92. The quantitative estimate of drug-likeness (QED) is 0.656. The molecule has 0 aliphatic heterocycles. The molecule has 8 heteroatoms. The summed E-state index contributed by atoms with van der Waals surface area (Å²) in [4.78, 5) is 23.0. The first-order valence-corrected chi connectivity index (χ1v) is 7.79. The minimum absolute atomic E-state index is 0.0575. The number of aliphatic hydroxyl groups excluding tert-OH is 1. The van der Waals surface area contributed by atoms with Gasteiger partial charge < -0.3 is 25.0 Å². The van der Waals surface area contributed by atoms with Gasteiger partial charge in [-0.2, -0.15) is 0 Å². The van der Waals surface area contributed by atoms with Crippen LogP contribution in [0.3, 0.4) is 0 Å². The Hall–Kier alpha value is -2.35. The maximum absolute atomic E-state index is 12.1. The van der Waals surface area contributed by atoms with E-state index in [2.05, 4.69) is 5.32 Å². The first-order valence-electron chi connectivity index (χ1n) is 7.79. The Bertz CT molecular complexity index is 569. The van der Waals surface area contributed by atoms with Crippen molar-refractivity contribution in [3.8, 4) is 5.75 Å². The summed E-state index contributed by atoms with van der Waals surface area (Å²) in [6, 6.07) is 5.27. The van der Waals surface area contributed by atoms with E-state index in [-0.39, 0.29) is 13.0 Å². The molecule has 0 aromatic heterocycles. The van der Waals surface area contributed by atoms with E-state index in [0.717, 1.165) is 0 Å². The molecule has 0 saturated carbocycles. The predicted molar refractivity (Wildman–Crippen MR) is 88.4 cm³/mol. The minimum atomic E-state index is -1.19. The van der Waals surface area contributed by atoms with Crippen molar-refractivity contribution in [2.75, 3.05) is 13.3 Å². The molecule has 2 atom stereocenters. The Labute approximate surface area is 145 Å². The summed E-state index contributed by atoms with van der Waals surface area (Å²) >= 11 is 0. The number of halogens is 1. The largest absolute Gasteiger partial charge is 0.491 e. The maximum atomic E-state index is 12.1. The summed E-state index contributed by atoms with van der Waals surface area (Å²) in [6.07, 6.45) is -1.93. The number of hydrogen-bond donors (Lipinski definition) is 3. The van der Waals surface area contributed by atoms with Crippen molar-refractivity contribution in [3.05, 3.63) is 29.8 Å². The number of carbonyl (C=O) groups excluding carboxylic acids is 1. The summed E-state index contributed by atoms with van der Waals surface area (Å²) < 4.78 is 22.4. The number of aliphatic carboxylic acids is 1. The van der Waals surface area contributed by atoms with E-state index >= 15 is 0 Å². The van der Waals surface area contributed by atoms with E-state index in [0.29, 0.717) is 11.3 Å². The fraction of sp³-hybridized carbons (Fsp3) is 0.529. The number of alkyl halides is 1. The van der Waals surface area contributed by atoms with E-state index in [4.69, 9.17) is 14.6 Å². The number of benzene rings is 1. The molecule has 3 N–H and O–H groups in total. The summed E-state index contributed by atoms with van der Waals surface area (Å²) in [5.41, 5.74) is -0.0714. The number of amides is 1. The molecular weight excluding hydrogens is 333 g/mol. The number of nitrogens with one attached hydrogen (secondary N) is 1. The van der Waals surface area contributed by atoms with Crippen LogP contribution in [0, 0.1) is 0 Å². The second-order valence-electron chi connectivity index (χ2n) is 6.50. The highest BCUT2D eigenvalue weighted by molar-refractivity contribution is 5.80. The molecule has 1 rings (SSSR count). The number of rotatable bonds is 8. The molecule has 0 aliphatic carbocycles. The van der Waals surface area contributed by atoms with Crippen LogP contribution in [0.25, 0.3) is 0 Å². The average Bonchev–Trinajstić information content (AvgIpc) is 2.51. The summed E-state index contributed by atoms with van der Waals surface area (Å²) in [7, 11) is 0. The molecular formula is C17H24FNO6. The Balaban J connectivity index is 2.63. The van der Waals surface area contributed by atoms with Gasteiger partial charge in [-0.05, 0) is 38.5 Å². The van der Waals surface area contributed by atoms with Crippen LogP contribution in [-0.4, -0.2) is 53.3 Å². The number of aliphatic hydroxyl groups is 1. The first-order chi connectivity index (χ1) is 11.6. The summed E-state index contributed by atoms with van der Waals surface area (Å²) in [5, 5.41) is 20.7. The normalized spacial score (nSPS) is 13.6. The van der Waals surface area contributed by atoms with E-state index in [1.54, 1.807) is 45.0 Å². The number of alkyl carbamates (subject to hydrolysis) is 1. The number of hydrogen-bond acceptors (Lipinski definition) is 5. The smallest absolute Gasteiger partial charge is 0.408 e. The third-order valence-corrected chi connectivity index (χ3v) is 2.97. The van der Waals surface area contributed by atoms with Crippen molar-refractivity contribution in [1.29, 1.82) is 0 Å². The molecule has 25 heavy (non-hydrogen) atoms. The number of carboxylic acid groups (broad SMARTS) is 1. The molecule has 0 aliphatic rings. The van der Waals surface area contributed by atoms with Gasteiger partial charge in [0, 0.05) is 6.42 Å². The Morgan fingerprint density at radius 2 is 1.84 bits per heavy atom. The number of carbonyl (C=O) groups is 2. The van der Waals surface area contributed by atoms with Gasteiger partial charge in [0.25, 0.3) is 0 Å². The van der Waals surface area contributed by atoms with Gasteiger partial charge in [-0.25, -0.2) is 14.0 Å². The molecule has 0 bridgehead atoms. The number of carboxylic acids is 1. The lowest BCUT2D eigenvalue weighted by atomic mass is 10.1. The molecule has 0 radical (unpaired) electrons. The zero-order chi connectivity index (χ0) is 19.0. The molecule has 1 aromatic carbocycles. The van der Waals surface area contributed by atoms with Crippen molar-refractivity contribution in [2.24, 2.45) is 0 Å². The van der Waals surface area contributed by atoms with E-state index < -0.39 is 36.5 Å². The van der Waals surface area contributed by atoms with E-state index in [1.807, 2.05) is 0 Å². The van der Waals surface area contributed by atoms with Crippen LogP contribution in [0.5, 0.6) is 5.75 Å². The molecule has 0 fully saturated rings. The SMILES string of the molecule is CC(C)(C)OC(=O)N[C@@H](Cc1ccc(OCC(O)CF)cc1)C(=O)O.